The summed E-state index contributed by atoms with van der Waals surface area (Å²) in [7, 11) is 1.66. The Bertz CT molecular complexity index is 1350. The van der Waals surface area contributed by atoms with E-state index in [1.54, 1.807) is 13.3 Å². The van der Waals surface area contributed by atoms with E-state index in [1.807, 2.05) is 48.0 Å². The Morgan fingerprint density at radius 2 is 1.88 bits per heavy atom. The molecular formula is C25H27ClN4O2S. The number of ether oxygens (including phenoxy) is 2. The zero-order chi connectivity index (χ0) is 23.8. The number of fused-ring (bicyclic) bond motifs is 1. The van der Waals surface area contributed by atoms with Gasteiger partial charge in [0, 0.05) is 16.8 Å². The summed E-state index contributed by atoms with van der Waals surface area (Å²) >= 11 is 11.7. The summed E-state index contributed by atoms with van der Waals surface area (Å²) in [5.41, 5.74) is 4.59. The van der Waals surface area contributed by atoms with Gasteiger partial charge in [-0.1, -0.05) is 44.5 Å². The largest absolute Gasteiger partial charge is 0.497 e. The Balaban J connectivity index is 1.68. The molecule has 0 aliphatic carbocycles. The molecule has 0 bridgehead atoms. The first-order chi connectivity index (χ1) is 15.7. The maximum Gasteiger partial charge on any atom is 0.198 e. The molecule has 0 radical (unpaired) electrons. The van der Waals surface area contributed by atoms with Crippen molar-refractivity contribution < 1.29 is 9.47 Å². The Morgan fingerprint density at radius 3 is 2.55 bits per heavy atom. The molecule has 2 aromatic heterocycles. The maximum absolute atomic E-state index is 6.40. The Kier molecular flexibility index (Phi) is 6.45. The van der Waals surface area contributed by atoms with Crippen molar-refractivity contribution in [2.24, 2.45) is 0 Å². The first kappa shape index (κ1) is 23.3. The third kappa shape index (κ3) is 5.04. The molecule has 8 heteroatoms. The molecule has 172 valence electrons. The predicted molar refractivity (Wildman–Crippen MR) is 134 cm³/mol. The van der Waals surface area contributed by atoms with Gasteiger partial charge in [-0.15, -0.1) is 0 Å². The van der Waals surface area contributed by atoms with E-state index in [9.17, 15) is 0 Å². The summed E-state index contributed by atoms with van der Waals surface area (Å²) < 4.78 is 13.9. The van der Waals surface area contributed by atoms with Crippen LogP contribution in [0.3, 0.4) is 0 Å². The second kappa shape index (κ2) is 9.15. The lowest BCUT2D eigenvalue weighted by molar-refractivity contribution is 0.292. The van der Waals surface area contributed by atoms with Crippen molar-refractivity contribution >= 4 is 34.9 Å². The third-order valence-electron chi connectivity index (χ3n) is 5.53. The van der Waals surface area contributed by atoms with Crippen molar-refractivity contribution in [2.45, 2.75) is 46.3 Å². The van der Waals surface area contributed by atoms with Crippen LogP contribution in [-0.4, -0.2) is 26.9 Å². The Hall–Kier alpha value is -2.90. The summed E-state index contributed by atoms with van der Waals surface area (Å²) in [5.74, 6) is 1.62. The molecule has 0 fully saturated rings. The molecule has 0 spiro atoms. The van der Waals surface area contributed by atoms with Gasteiger partial charge in [0.15, 0.2) is 4.77 Å². The maximum atomic E-state index is 6.40. The van der Waals surface area contributed by atoms with Crippen molar-refractivity contribution in [1.82, 2.24) is 19.7 Å². The molecule has 0 saturated carbocycles. The van der Waals surface area contributed by atoms with Crippen molar-refractivity contribution in [3.05, 3.63) is 74.8 Å². The van der Waals surface area contributed by atoms with Crippen LogP contribution < -0.4 is 9.47 Å². The highest BCUT2D eigenvalue weighted by atomic mass is 35.5. The molecular weight excluding hydrogens is 456 g/mol. The number of aryl methyl sites for hydroxylation is 1. The third-order valence-corrected chi connectivity index (χ3v) is 6.14. The van der Waals surface area contributed by atoms with Gasteiger partial charge < -0.3 is 14.5 Å². The highest BCUT2D eigenvalue weighted by Gasteiger charge is 2.21. The fourth-order valence-electron chi connectivity index (χ4n) is 3.68. The van der Waals surface area contributed by atoms with Crippen LogP contribution in [0.15, 0.2) is 42.6 Å². The van der Waals surface area contributed by atoms with Crippen LogP contribution in [0.4, 0.5) is 0 Å². The number of nitrogens with zero attached hydrogens (tertiary/aromatic N) is 3. The van der Waals surface area contributed by atoms with E-state index in [2.05, 4.69) is 30.7 Å². The van der Waals surface area contributed by atoms with Crippen LogP contribution in [-0.2, 0) is 18.6 Å². The number of halogens is 1. The smallest absolute Gasteiger partial charge is 0.198 e. The molecule has 0 unspecified atom stereocenters. The standard InChI is InChI=1S/C25H27ClN4O2S/c1-15-10-22(19(11-20(15)26)25(2,3)4)32-14-21-18-12-27-24(33)28-23(18)30(29-21)13-16-6-8-17(31-5)9-7-16/h6-12H,13-14H2,1-5H3,(H,27,28,33). The monoisotopic (exact) mass is 482 g/mol. The van der Waals surface area contributed by atoms with Crippen molar-refractivity contribution in [3.8, 4) is 11.5 Å². The molecule has 0 aliphatic rings. The number of methoxy groups -OCH3 is 1. The molecule has 33 heavy (non-hydrogen) atoms. The van der Waals surface area contributed by atoms with Crippen LogP contribution in [0.1, 0.15) is 43.2 Å². The van der Waals surface area contributed by atoms with Gasteiger partial charge in [0.2, 0.25) is 0 Å². The first-order valence-corrected chi connectivity index (χ1v) is 11.5. The number of benzene rings is 2. The van der Waals surface area contributed by atoms with Gasteiger partial charge >= 0.3 is 0 Å². The van der Waals surface area contributed by atoms with Gasteiger partial charge in [0.05, 0.1) is 19.0 Å². The minimum atomic E-state index is -0.116. The Morgan fingerprint density at radius 1 is 1.15 bits per heavy atom. The lowest BCUT2D eigenvalue weighted by atomic mass is 9.86. The van der Waals surface area contributed by atoms with E-state index >= 15 is 0 Å². The van der Waals surface area contributed by atoms with Crippen molar-refractivity contribution in [2.75, 3.05) is 7.11 Å². The molecule has 4 aromatic rings. The number of rotatable bonds is 6. The minimum absolute atomic E-state index is 0.116. The quantitative estimate of drug-likeness (QED) is 0.323. The molecule has 2 heterocycles. The SMILES string of the molecule is COc1ccc(Cn2nc(COc3cc(C)c(Cl)cc3C(C)(C)C)c3cnc(=S)[nH]c32)cc1. The summed E-state index contributed by atoms with van der Waals surface area (Å²) in [6.45, 7) is 9.27. The number of hydrogen-bond acceptors (Lipinski definition) is 5. The van der Waals surface area contributed by atoms with Gasteiger partial charge in [-0.25, -0.2) is 9.67 Å². The van der Waals surface area contributed by atoms with E-state index < -0.39 is 0 Å². The molecule has 1 N–H and O–H groups in total. The molecule has 0 saturated heterocycles. The van der Waals surface area contributed by atoms with Crippen molar-refractivity contribution in [1.29, 1.82) is 0 Å². The fraction of sp³-hybridized carbons (Fsp3) is 0.320. The van der Waals surface area contributed by atoms with Gasteiger partial charge in [-0.05, 0) is 59.9 Å². The van der Waals surface area contributed by atoms with Gasteiger partial charge in [-0.3, -0.25) is 0 Å². The van der Waals surface area contributed by atoms with Crippen molar-refractivity contribution in [3.63, 3.8) is 0 Å². The molecule has 0 amide bonds. The predicted octanol–water partition coefficient (Wildman–Crippen LogP) is 6.38. The van der Waals surface area contributed by atoms with Crippen LogP contribution in [0.25, 0.3) is 11.0 Å². The van der Waals surface area contributed by atoms with E-state index in [0.717, 1.165) is 49.9 Å². The summed E-state index contributed by atoms with van der Waals surface area (Å²) in [6.07, 6.45) is 1.75. The van der Waals surface area contributed by atoms with E-state index in [4.69, 9.17) is 38.4 Å². The topological polar surface area (TPSA) is 65.0 Å². The first-order valence-electron chi connectivity index (χ1n) is 10.7. The van der Waals surface area contributed by atoms with Crippen LogP contribution in [0, 0.1) is 11.7 Å². The molecule has 0 atom stereocenters. The number of hydrogen-bond donors (Lipinski definition) is 1. The minimum Gasteiger partial charge on any atom is -0.497 e. The lowest BCUT2D eigenvalue weighted by Crippen LogP contribution is -2.14. The number of H-pyrrole nitrogens is 1. The Labute approximate surface area is 203 Å². The highest BCUT2D eigenvalue weighted by Crippen LogP contribution is 2.36. The normalized spacial score (nSPS) is 11.7. The van der Waals surface area contributed by atoms with Gasteiger partial charge in [-0.2, -0.15) is 5.10 Å². The van der Waals surface area contributed by atoms with E-state index in [1.165, 1.54) is 0 Å². The number of nitrogens with one attached hydrogen (secondary N) is 1. The molecule has 4 rings (SSSR count). The molecule has 6 nitrogen and oxygen atoms in total. The fourth-order valence-corrected chi connectivity index (χ4v) is 3.99. The van der Waals surface area contributed by atoms with E-state index in [0.29, 0.717) is 17.9 Å². The number of aromatic nitrogens is 4. The second-order valence-electron chi connectivity index (χ2n) is 9.04. The molecule has 0 aliphatic heterocycles. The average Bonchev–Trinajstić information content (AvgIpc) is 3.10. The second-order valence-corrected chi connectivity index (χ2v) is 9.83. The van der Waals surface area contributed by atoms with Gasteiger partial charge in [0.25, 0.3) is 0 Å². The zero-order valence-electron chi connectivity index (χ0n) is 19.4. The lowest BCUT2D eigenvalue weighted by Gasteiger charge is -2.23. The summed E-state index contributed by atoms with van der Waals surface area (Å²) in [5, 5.41) is 6.44. The summed E-state index contributed by atoms with van der Waals surface area (Å²) in [4.78, 5) is 7.44. The average molecular weight is 483 g/mol. The van der Waals surface area contributed by atoms with Crippen LogP contribution in [0.5, 0.6) is 11.5 Å². The highest BCUT2D eigenvalue weighted by molar-refractivity contribution is 7.71. The van der Waals surface area contributed by atoms with Gasteiger partial charge in [0.1, 0.15) is 29.4 Å². The zero-order valence-corrected chi connectivity index (χ0v) is 21.0. The molecule has 2 aromatic carbocycles. The van der Waals surface area contributed by atoms with Crippen LogP contribution >= 0.6 is 23.8 Å². The summed E-state index contributed by atoms with van der Waals surface area (Å²) in [6, 6.07) is 11.9. The van der Waals surface area contributed by atoms with E-state index in [-0.39, 0.29) is 5.41 Å². The van der Waals surface area contributed by atoms with Crippen LogP contribution in [0.2, 0.25) is 5.02 Å². The number of aromatic amines is 1.